The van der Waals surface area contributed by atoms with E-state index in [4.69, 9.17) is 0 Å². The monoisotopic (exact) mass is 338 g/mol. The lowest BCUT2D eigenvalue weighted by molar-refractivity contribution is -0.159. The van der Waals surface area contributed by atoms with E-state index < -0.39 is 42.7 Å². The summed E-state index contributed by atoms with van der Waals surface area (Å²) < 4.78 is 37.2. The molecule has 23 heavy (non-hydrogen) atoms. The van der Waals surface area contributed by atoms with Crippen LogP contribution in [0.5, 0.6) is 0 Å². The topological polar surface area (TPSA) is 81.8 Å². The molecule has 0 aromatic carbocycles. The van der Waals surface area contributed by atoms with E-state index in [1.54, 1.807) is 6.92 Å². The highest BCUT2D eigenvalue weighted by Crippen LogP contribution is 2.23. The first-order chi connectivity index (χ1) is 10.6. The van der Waals surface area contributed by atoms with Crippen LogP contribution in [0.15, 0.2) is 0 Å². The number of rotatable bonds is 5. The molecule has 2 atom stereocenters. The normalized spacial score (nSPS) is 19.9. The van der Waals surface area contributed by atoms with E-state index in [-0.39, 0.29) is 13.0 Å². The van der Waals surface area contributed by atoms with Gasteiger partial charge in [0.2, 0.25) is 11.8 Å². The molecule has 2 unspecified atom stereocenters. The second-order valence-corrected chi connectivity index (χ2v) is 5.37. The molecule has 0 aromatic heterocycles. The van der Waals surface area contributed by atoms with Gasteiger partial charge in [-0.2, -0.15) is 13.2 Å². The van der Waals surface area contributed by atoms with E-state index in [0.717, 1.165) is 4.90 Å². The maximum absolute atomic E-state index is 12.4. The van der Waals surface area contributed by atoms with Crippen LogP contribution in [0.1, 0.15) is 20.3 Å². The van der Waals surface area contributed by atoms with Gasteiger partial charge in [0.25, 0.3) is 0 Å². The molecular formula is C13H21F3N4O3. The molecule has 0 spiro atoms. The van der Waals surface area contributed by atoms with E-state index >= 15 is 0 Å². The first-order valence-corrected chi connectivity index (χ1v) is 7.23. The number of halogens is 3. The van der Waals surface area contributed by atoms with E-state index in [1.807, 2.05) is 0 Å². The van der Waals surface area contributed by atoms with Crippen LogP contribution in [0, 0.1) is 0 Å². The number of urea groups is 1. The van der Waals surface area contributed by atoms with Crippen molar-refractivity contribution in [2.24, 2.45) is 0 Å². The van der Waals surface area contributed by atoms with E-state index in [1.165, 1.54) is 18.9 Å². The minimum Gasteiger partial charge on any atom is -0.338 e. The van der Waals surface area contributed by atoms with Crippen molar-refractivity contribution < 1.29 is 27.6 Å². The fourth-order valence-electron chi connectivity index (χ4n) is 2.35. The first kappa shape index (κ1) is 19.2. The Kier molecular flexibility index (Phi) is 6.37. The molecular weight excluding hydrogens is 317 g/mol. The molecule has 0 aliphatic carbocycles. The molecule has 1 heterocycles. The maximum atomic E-state index is 12.4. The van der Waals surface area contributed by atoms with E-state index in [0.29, 0.717) is 6.54 Å². The van der Waals surface area contributed by atoms with Crippen molar-refractivity contribution in [3.8, 4) is 0 Å². The van der Waals surface area contributed by atoms with Gasteiger partial charge in [-0.05, 0) is 27.3 Å². The number of imide groups is 1. The summed E-state index contributed by atoms with van der Waals surface area (Å²) in [5.74, 6) is -1.29. The van der Waals surface area contributed by atoms with Gasteiger partial charge < -0.3 is 10.2 Å². The van der Waals surface area contributed by atoms with Crippen molar-refractivity contribution in [2.45, 2.75) is 38.5 Å². The van der Waals surface area contributed by atoms with Crippen molar-refractivity contribution in [1.29, 1.82) is 0 Å². The van der Waals surface area contributed by atoms with Gasteiger partial charge in [0, 0.05) is 13.1 Å². The zero-order valence-electron chi connectivity index (χ0n) is 13.2. The van der Waals surface area contributed by atoms with Gasteiger partial charge in [-0.25, -0.2) is 4.79 Å². The number of likely N-dealkylation sites (tertiary alicyclic amines) is 1. The Hall–Kier alpha value is -1.84. The standard InChI is InChI=1S/C13H21F3N4O3/c1-4-17-12(23)18-10(21)8(2)19(3)9-5-6-20(11(9)22)7-13(14,15)16/h8-9H,4-7H2,1-3H3,(H2,17,18,21,23). The van der Waals surface area contributed by atoms with Gasteiger partial charge in [0.1, 0.15) is 6.54 Å². The van der Waals surface area contributed by atoms with E-state index in [2.05, 4.69) is 10.6 Å². The number of carbonyl (C=O) groups excluding carboxylic acids is 3. The summed E-state index contributed by atoms with van der Waals surface area (Å²) in [6.07, 6.45) is -4.26. The lowest BCUT2D eigenvalue weighted by Crippen LogP contribution is -2.53. The SMILES string of the molecule is CCNC(=O)NC(=O)C(C)N(C)C1CCN(CC(F)(F)F)C1=O. The Morgan fingerprint density at radius 1 is 1.43 bits per heavy atom. The molecule has 4 amide bonds. The zero-order valence-corrected chi connectivity index (χ0v) is 13.2. The fraction of sp³-hybridized carbons (Fsp3) is 0.769. The van der Waals surface area contributed by atoms with Crippen molar-refractivity contribution >= 4 is 17.8 Å². The molecule has 7 nitrogen and oxygen atoms in total. The molecule has 132 valence electrons. The summed E-state index contributed by atoms with van der Waals surface area (Å²) in [5, 5.41) is 4.51. The maximum Gasteiger partial charge on any atom is 0.406 e. The molecule has 1 saturated heterocycles. The Morgan fingerprint density at radius 2 is 2.04 bits per heavy atom. The number of hydrogen-bond donors (Lipinski definition) is 2. The molecule has 1 rings (SSSR count). The van der Waals surface area contributed by atoms with Gasteiger partial charge >= 0.3 is 12.2 Å². The molecule has 1 aliphatic rings. The van der Waals surface area contributed by atoms with Crippen LogP contribution in [0.3, 0.4) is 0 Å². The second-order valence-electron chi connectivity index (χ2n) is 5.37. The average molecular weight is 338 g/mol. The highest BCUT2D eigenvalue weighted by molar-refractivity contribution is 5.97. The number of amides is 4. The smallest absolute Gasteiger partial charge is 0.338 e. The Morgan fingerprint density at radius 3 is 2.57 bits per heavy atom. The van der Waals surface area contributed by atoms with Crippen LogP contribution in [0.4, 0.5) is 18.0 Å². The van der Waals surface area contributed by atoms with Gasteiger partial charge in [-0.15, -0.1) is 0 Å². The quantitative estimate of drug-likeness (QED) is 0.756. The Labute approximate surface area is 132 Å². The summed E-state index contributed by atoms with van der Waals surface area (Å²) in [4.78, 5) is 37.4. The third-order valence-corrected chi connectivity index (χ3v) is 3.70. The fourth-order valence-corrected chi connectivity index (χ4v) is 2.35. The molecule has 1 fully saturated rings. The lowest BCUT2D eigenvalue weighted by atomic mass is 10.1. The van der Waals surface area contributed by atoms with Crippen molar-refractivity contribution in [3.05, 3.63) is 0 Å². The highest BCUT2D eigenvalue weighted by Gasteiger charge is 2.42. The third-order valence-electron chi connectivity index (χ3n) is 3.70. The number of hydrogen-bond acceptors (Lipinski definition) is 4. The number of nitrogens with one attached hydrogen (secondary N) is 2. The molecule has 0 saturated carbocycles. The number of carbonyl (C=O) groups is 3. The lowest BCUT2D eigenvalue weighted by Gasteiger charge is -2.28. The number of alkyl halides is 3. The second kappa shape index (κ2) is 7.62. The third kappa shape index (κ3) is 5.38. The van der Waals surface area contributed by atoms with Crippen molar-refractivity contribution in [1.82, 2.24) is 20.4 Å². The first-order valence-electron chi connectivity index (χ1n) is 7.23. The van der Waals surface area contributed by atoms with Gasteiger partial charge in [-0.3, -0.25) is 19.8 Å². The highest BCUT2D eigenvalue weighted by atomic mass is 19.4. The molecule has 0 bridgehead atoms. The van der Waals surface area contributed by atoms with Crippen LogP contribution in [0.25, 0.3) is 0 Å². The summed E-state index contributed by atoms with van der Waals surface area (Å²) in [6.45, 7) is 2.20. The summed E-state index contributed by atoms with van der Waals surface area (Å²) in [7, 11) is 1.47. The average Bonchev–Trinajstić information content (AvgIpc) is 2.76. The molecule has 0 aromatic rings. The minimum atomic E-state index is -4.45. The predicted molar refractivity (Wildman–Crippen MR) is 75.5 cm³/mol. The summed E-state index contributed by atoms with van der Waals surface area (Å²) in [5.41, 5.74) is 0. The van der Waals surface area contributed by atoms with Crippen LogP contribution in [-0.2, 0) is 9.59 Å². The van der Waals surface area contributed by atoms with Crippen molar-refractivity contribution in [3.63, 3.8) is 0 Å². The molecule has 0 radical (unpaired) electrons. The van der Waals surface area contributed by atoms with Crippen LogP contribution < -0.4 is 10.6 Å². The summed E-state index contributed by atoms with van der Waals surface area (Å²) in [6, 6.07) is -2.31. The zero-order chi connectivity index (χ0) is 17.8. The minimum absolute atomic E-state index is 0.0159. The van der Waals surface area contributed by atoms with Crippen LogP contribution in [0.2, 0.25) is 0 Å². The summed E-state index contributed by atoms with van der Waals surface area (Å²) >= 11 is 0. The van der Waals surface area contributed by atoms with Gasteiger partial charge in [-0.1, -0.05) is 0 Å². The van der Waals surface area contributed by atoms with Crippen LogP contribution in [-0.4, -0.2) is 72.6 Å². The molecule has 1 aliphatic heterocycles. The Bertz CT molecular complexity index is 470. The molecule has 2 N–H and O–H groups in total. The number of likely N-dealkylation sites (N-methyl/N-ethyl adjacent to an activating group) is 1. The van der Waals surface area contributed by atoms with Gasteiger partial charge in [0.05, 0.1) is 12.1 Å². The largest absolute Gasteiger partial charge is 0.406 e. The van der Waals surface area contributed by atoms with Crippen molar-refractivity contribution in [2.75, 3.05) is 26.7 Å². The predicted octanol–water partition coefficient (Wildman–Crippen LogP) is 0.316. The molecule has 10 heteroatoms. The number of nitrogens with zero attached hydrogens (tertiary/aromatic N) is 2. The van der Waals surface area contributed by atoms with Crippen LogP contribution >= 0.6 is 0 Å². The van der Waals surface area contributed by atoms with E-state index in [9.17, 15) is 27.6 Å². The van der Waals surface area contributed by atoms with Gasteiger partial charge in [0.15, 0.2) is 0 Å². The Balaban J connectivity index is 2.63.